The second kappa shape index (κ2) is 5.38. The molecule has 0 aliphatic carbocycles. The van der Waals surface area contributed by atoms with E-state index in [0.29, 0.717) is 0 Å². The minimum atomic E-state index is -0.551. The van der Waals surface area contributed by atoms with E-state index in [2.05, 4.69) is 70.6 Å². The van der Waals surface area contributed by atoms with Gasteiger partial charge in [0, 0.05) is 44.4 Å². The van der Waals surface area contributed by atoms with E-state index in [1.54, 1.807) is 0 Å². The summed E-state index contributed by atoms with van der Waals surface area (Å²) >= 11 is 0. The van der Waals surface area contributed by atoms with Gasteiger partial charge in [-0.3, -0.25) is 15.0 Å². The Morgan fingerprint density at radius 3 is 1.58 bits per heavy atom. The Balaban J connectivity index is 1.93. The van der Waals surface area contributed by atoms with Gasteiger partial charge >= 0.3 is 0 Å². The van der Waals surface area contributed by atoms with Crippen LogP contribution in [0.15, 0.2) is 79.3 Å². The summed E-state index contributed by atoms with van der Waals surface area (Å²) in [5, 5.41) is 6.83. The summed E-state index contributed by atoms with van der Waals surface area (Å²) in [6.07, 6.45) is 5.66. The predicted octanol–water partition coefficient (Wildman–Crippen LogP) is 6.77. The predicted molar refractivity (Wildman–Crippen MR) is 113 cm³/mol. The van der Waals surface area contributed by atoms with Crippen LogP contribution in [0.3, 0.4) is 0 Å². The van der Waals surface area contributed by atoms with Crippen LogP contribution in [-0.2, 0) is 0 Å². The third kappa shape index (κ3) is 1.82. The molecule has 3 nitrogen and oxygen atoms in total. The Bertz CT molecular complexity index is 1230. The summed E-state index contributed by atoms with van der Waals surface area (Å²) in [7, 11) is -1.08. The zero-order chi connectivity index (χ0) is 17.1. The zero-order valence-corrected chi connectivity index (χ0v) is 15.5. The molecule has 122 valence electrons. The molecule has 5 heteroatoms. The third-order valence-corrected chi connectivity index (χ3v) is 12.3. The van der Waals surface area contributed by atoms with Crippen LogP contribution < -0.4 is 0 Å². The fourth-order valence-corrected chi connectivity index (χ4v) is 12.2. The van der Waals surface area contributed by atoms with Gasteiger partial charge in [0.05, 0.1) is 5.52 Å². The number of fused-ring (bicyclic) bond motifs is 6. The first-order valence-electron chi connectivity index (χ1n) is 8.48. The maximum atomic E-state index is 4.73. The highest BCUT2D eigenvalue weighted by molar-refractivity contribution is 8.29. The van der Waals surface area contributed by atoms with E-state index in [1.165, 1.54) is 25.9 Å². The van der Waals surface area contributed by atoms with Crippen molar-refractivity contribution in [3.8, 4) is 0 Å². The number of aromatic nitrogens is 3. The molecule has 0 saturated carbocycles. The van der Waals surface area contributed by atoms with E-state index >= 15 is 0 Å². The number of pyridine rings is 3. The van der Waals surface area contributed by atoms with Crippen molar-refractivity contribution in [1.82, 2.24) is 15.0 Å². The molecule has 0 aliphatic rings. The maximum absolute atomic E-state index is 4.73. The van der Waals surface area contributed by atoms with Crippen LogP contribution in [0.2, 0.25) is 0 Å². The zero-order valence-electron chi connectivity index (χ0n) is 13.7. The van der Waals surface area contributed by atoms with E-state index in [9.17, 15) is 0 Å². The second-order valence-electron chi connectivity index (χ2n) is 6.25. The maximum Gasteiger partial charge on any atom is 0.101 e. The number of benzene rings is 1. The smallest absolute Gasteiger partial charge is 0.101 e. The van der Waals surface area contributed by atoms with Gasteiger partial charge in [0.2, 0.25) is 0 Å². The van der Waals surface area contributed by atoms with Gasteiger partial charge in [-0.15, -0.1) is 0 Å². The van der Waals surface area contributed by atoms with E-state index < -0.39 is 14.4 Å². The minimum Gasteiger partial charge on any atom is -0.255 e. The van der Waals surface area contributed by atoms with E-state index in [1.807, 2.05) is 18.6 Å². The number of hydrogen-bond donors (Lipinski definition) is 0. The molecule has 1 atom stereocenters. The topological polar surface area (TPSA) is 38.7 Å². The Labute approximate surface area is 151 Å². The summed E-state index contributed by atoms with van der Waals surface area (Å²) in [4.78, 5) is 14.1. The monoisotopic (exact) mass is 369 g/mol. The summed E-state index contributed by atoms with van der Waals surface area (Å²) in [5.74, 6) is 0. The van der Waals surface area contributed by atoms with Crippen LogP contribution in [0.1, 0.15) is 0 Å². The van der Waals surface area contributed by atoms with Gasteiger partial charge in [-0.05, 0) is 42.5 Å². The molecule has 0 N–H and O–H groups in total. The van der Waals surface area contributed by atoms with Crippen LogP contribution in [0, 0.1) is 0 Å². The number of rotatable bonds is 1. The van der Waals surface area contributed by atoms with Crippen molar-refractivity contribution in [2.45, 2.75) is 0 Å². The first-order valence-corrected chi connectivity index (χ1v) is 11.9. The molecule has 5 aromatic heterocycles. The number of nitrogens with zero attached hydrogens (tertiary/aromatic N) is 3. The molecule has 1 aromatic carbocycles. The van der Waals surface area contributed by atoms with E-state index in [4.69, 9.17) is 4.98 Å². The highest BCUT2D eigenvalue weighted by Crippen LogP contribution is 2.71. The number of hydrogen-bond acceptors (Lipinski definition) is 3. The quantitative estimate of drug-likeness (QED) is 0.321. The van der Waals surface area contributed by atoms with Crippen LogP contribution in [0.4, 0.5) is 0 Å². The van der Waals surface area contributed by atoms with Crippen molar-refractivity contribution in [3.63, 3.8) is 0 Å². The van der Waals surface area contributed by atoms with Crippen molar-refractivity contribution in [3.05, 3.63) is 79.3 Å². The van der Waals surface area contributed by atoms with Crippen LogP contribution in [0.25, 0.3) is 42.4 Å². The average Bonchev–Trinajstić information content (AvgIpc) is 3.21. The molecular formula is C21H13N3P2. The SMILES string of the molecule is c1ccc2c(c1)c1ncccc1p2-p1c2cccnc2c2ncccc21. The van der Waals surface area contributed by atoms with Crippen molar-refractivity contribution < 1.29 is 0 Å². The Kier molecular flexibility index (Phi) is 2.99. The third-order valence-electron chi connectivity index (χ3n) is 4.86. The van der Waals surface area contributed by atoms with Crippen LogP contribution in [-0.4, -0.2) is 15.0 Å². The lowest BCUT2D eigenvalue weighted by Crippen LogP contribution is -1.74. The highest BCUT2D eigenvalue weighted by atomic mass is 32.0. The van der Waals surface area contributed by atoms with Crippen molar-refractivity contribution in [2.24, 2.45) is 0 Å². The van der Waals surface area contributed by atoms with E-state index in [-0.39, 0.29) is 0 Å². The molecule has 0 spiro atoms. The molecular weight excluding hydrogens is 356 g/mol. The normalized spacial score (nSPS) is 12.5. The second-order valence-corrected chi connectivity index (χ2v) is 11.8. The Hall–Kier alpha value is -2.73. The molecule has 0 aliphatic heterocycles. The molecule has 0 amide bonds. The summed E-state index contributed by atoms with van der Waals surface area (Å²) in [5.41, 5.74) is 3.28. The summed E-state index contributed by atoms with van der Waals surface area (Å²) < 4.78 is 0. The molecule has 6 aromatic rings. The van der Waals surface area contributed by atoms with Gasteiger partial charge < -0.3 is 0 Å². The minimum absolute atomic E-state index is 0.529. The van der Waals surface area contributed by atoms with Crippen molar-refractivity contribution in [2.75, 3.05) is 0 Å². The highest BCUT2D eigenvalue weighted by Gasteiger charge is 2.20. The fraction of sp³-hybridized carbons (Fsp3) is 0. The van der Waals surface area contributed by atoms with Gasteiger partial charge in [0.15, 0.2) is 0 Å². The lowest BCUT2D eigenvalue weighted by molar-refractivity contribution is 1.39. The summed E-state index contributed by atoms with van der Waals surface area (Å²) in [6, 6.07) is 21.7. The molecule has 0 bridgehead atoms. The van der Waals surface area contributed by atoms with Crippen molar-refractivity contribution >= 4 is 56.9 Å². The van der Waals surface area contributed by atoms with Crippen LogP contribution in [0.5, 0.6) is 0 Å². The first-order chi connectivity index (χ1) is 12.9. The molecule has 0 radical (unpaired) electrons. The molecule has 6 rings (SSSR count). The van der Waals surface area contributed by atoms with Gasteiger partial charge in [0.1, 0.15) is 11.0 Å². The van der Waals surface area contributed by atoms with Crippen LogP contribution >= 0.6 is 14.4 Å². The lowest BCUT2D eigenvalue weighted by atomic mass is 10.2. The Morgan fingerprint density at radius 1 is 0.462 bits per heavy atom. The van der Waals surface area contributed by atoms with Gasteiger partial charge in [-0.2, -0.15) is 0 Å². The molecule has 5 heterocycles. The van der Waals surface area contributed by atoms with Gasteiger partial charge in [-0.1, -0.05) is 32.6 Å². The molecule has 0 saturated heterocycles. The summed E-state index contributed by atoms with van der Waals surface area (Å²) in [6.45, 7) is 0. The molecule has 0 fully saturated rings. The fourth-order valence-electron chi connectivity index (χ4n) is 3.82. The standard InChI is InChI=1S/C21H13N3P2/c1-2-7-15-14(6-1)19-16(8-3-11-22-19)25(15)26-17-9-4-12-23-20(17)21-18(26)10-5-13-24-21/h1-13H. The first kappa shape index (κ1) is 14.4. The van der Waals surface area contributed by atoms with Gasteiger partial charge in [-0.25, -0.2) is 0 Å². The largest absolute Gasteiger partial charge is 0.255 e. The Morgan fingerprint density at radius 2 is 0.923 bits per heavy atom. The average molecular weight is 369 g/mol. The van der Waals surface area contributed by atoms with Gasteiger partial charge in [0.25, 0.3) is 0 Å². The lowest BCUT2D eigenvalue weighted by Gasteiger charge is -2.04. The molecule has 1 unspecified atom stereocenters. The van der Waals surface area contributed by atoms with E-state index in [0.717, 1.165) is 16.6 Å². The van der Waals surface area contributed by atoms with Crippen molar-refractivity contribution in [1.29, 1.82) is 0 Å². The molecule has 26 heavy (non-hydrogen) atoms.